The molecule has 3 rings (SSSR count). The second-order valence-corrected chi connectivity index (χ2v) is 7.11. The number of aryl methyl sites for hydroxylation is 1. The number of nitrogens with one attached hydrogen (secondary N) is 2. The van der Waals surface area contributed by atoms with Gasteiger partial charge in [-0.05, 0) is 26.7 Å². The van der Waals surface area contributed by atoms with Crippen molar-refractivity contribution in [2.24, 2.45) is 0 Å². The molecular formula is C17H28N6O2. The average Bonchev–Trinajstić information content (AvgIpc) is 2.81. The zero-order valence-corrected chi connectivity index (χ0v) is 15.1. The smallest absolute Gasteiger partial charge is 0.237 e. The molecule has 0 aliphatic carbocycles. The lowest BCUT2D eigenvalue weighted by Crippen LogP contribution is -2.58. The van der Waals surface area contributed by atoms with Crippen molar-refractivity contribution in [2.75, 3.05) is 13.1 Å². The van der Waals surface area contributed by atoms with Gasteiger partial charge in [-0.25, -0.2) is 0 Å². The first-order chi connectivity index (χ1) is 12.1. The highest BCUT2D eigenvalue weighted by Crippen LogP contribution is 2.15. The Morgan fingerprint density at radius 3 is 2.92 bits per heavy atom. The van der Waals surface area contributed by atoms with Crippen LogP contribution in [0.1, 0.15) is 51.2 Å². The molecule has 2 amide bonds. The monoisotopic (exact) mass is 348 g/mol. The SMILES string of the molecule is CC(C)N1CCNC(=O)[C@H]1CC(=O)NCc1nnc2n1CCCCC2. The van der Waals surface area contributed by atoms with Gasteiger partial charge in [-0.15, -0.1) is 10.2 Å². The Balaban J connectivity index is 1.57. The lowest BCUT2D eigenvalue weighted by Gasteiger charge is -2.37. The van der Waals surface area contributed by atoms with Crippen LogP contribution >= 0.6 is 0 Å². The summed E-state index contributed by atoms with van der Waals surface area (Å²) in [5.74, 6) is 1.63. The van der Waals surface area contributed by atoms with Gasteiger partial charge in [0.05, 0.1) is 19.0 Å². The maximum atomic E-state index is 12.4. The molecule has 1 aromatic rings. The van der Waals surface area contributed by atoms with E-state index in [0.717, 1.165) is 44.0 Å². The maximum Gasteiger partial charge on any atom is 0.237 e. The molecule has 0 bridgehead atoms. The van der Waals surface area contributed by atoms with Crippen LogP contribution in [0.25, 0.3) is 0 Å². The van der Waals surface area contributed by atoms with Crippen LogP contribution < -0.4 is 10.6 Å². The highest BCUT2D eigenvalue weighted by Gasteiger charge is 2.32. The topological polar surface area (TPSA) is 92.2 Å². The second kappa shape index (κ2) is 7.95. The van der Waals surface area contributed by atoms with E-state index in [-0.39, 0.29) is 24.3 Å². The Kier molecular flexibility index (Phi) is 5.67. The number of hydrogen-bond acceptors (Lipinski definition) is 5. The fourth-order valence-electron chi connectivity index (χ4n) is 3.66. The Morgan fingerprint density at radius 1 is 1.28 bits per heavy atom. The van der Waals surface area contributed by atoms with Gasteiger partial charge in [0.15, 0.2) is 5.82 Å². The van der Waals surface area contributed by atoms with Crippen LogP contribution in [0.3, 0.4) is 0 Å². The van der Waals surface area contributed by atoms with Gasteiger partial charge in [-0.1, -0.05) is 6.42 Å². The molecule has 0 spiro atoms. The van der Waals surface area contributed by atoms with E-state index >= 15 is 0 Å². The molecule has 2 aliphatic heterocycles. The standard InChI is InChI=1S/C17H28N6O2/c1-12(2)22-9-7-18-17(25)13(22)10-16(24)19-11-15-21-20-14-6-4-3-5-8-23(14)15/h12-13H,3-11H2,1-2H3,(H,18,25)(H,19,24)/t13-/m1/s1. The van der Waals surface area contributed by atoms with Gasteiger partial charge in [0.2, 0.25) is 11.8 Å². The Bertz CT molecular complexity index is 627. The minimum Gasteiger partial charge on any atom is -0.353 e. The van der Waals surface area contributed by atoms with Crippen LogP contribution in [0.4, 0.5) is 0 Å². The van der Waals surface area contributed by atoms with Crippen LogP contribution in [-0.2, 0) is 29.1 Å². The number of rotatable bonds is 5. The summed E-state index contributed by atoms with van der Waals surface area (Å²) < 4.78 is 2.13. The van der Waals surface area contributed by atoms with Crippen LogP contribution in [0.2, 0.25) is 0 Å². The molecule has 0 saturated carbocycles. The summed E-state index contributed by atoms with van der Waals surface area (Å²) in [7, 11) is 0. The Labute approximate surface area is 148 Å². The van der Waals surface area contributed by atoms with Crippen molar-refractivity contribution in [1.29, 1.82) is 0 Å². The summed E-state index contributed by atoms with van der Waals surface area (Å²) in [6.45, 7) is 6.80. The van der Waals surface area contributed by atoms with Gasteiger partial charge < -0.3 is 15.2 Å². The second-order valence-electron chi connectivity index (χ2n) is 7.11. The molecule has 1 fully saturated rings. The quantitative estimate of drug-likeness (QED) is 0.794. The Morgan fingerprint density at radius 2 is 2.12 bits per heavy atom. The highest BCUT2D eigenvalue weighted by atomic mass is 16.2. The summed E-state index contributed by atoms with van der Waals surface area (Å²) in [4.78, 5) is 26.6. The fraction of sp³-hybridized carbons (Fsp3) is 0.765. The minimum atomic E-state index is -0.399. The van der Waals surface area contributed by atoms with Gasteiger partial charge >= 0.3 is 0 Å². The molecule has 8 heteroatoms. The molecule has 0 unspecified atom stereocenters. The van der Waals surface area contributed by atoms with E-state index in [4.69, 9.17) is 0 Å². The largest absolute Gasteiger partial charge is 0.353 e. The lowest BCUT2D eigenvalue weighted by molar-refractivity contribution is -0.134. The molecule has 0 aromatic carbocycles. The van der Waals surface area contributed by atoms with Gasteiger partial charge in [0.1, 0.15) is 5.82 Å². The molecule has 0 radical (unpaired) electrons. The van der Waals surface area contributed by atoms with E-state index in [9.17, 15) is 9.59 Å². The van der Waals surface area contributed by atoms with E-state index in [1.807, 2.05) is 0 Å². The minimum absolute atomic E-state index is 0.0635. The van der Waals surface area contributed by atoms with Crippen LogP contribution in [0.15, 0.2) is 0 Å². The molecule has 2 aliphatic rings. The van der Waals surface area contributed by atoms with Crippen LogP contribution in [-0.4, -0.2) is 56.7 Å². The number of hydrogen-bond donors (Lipinski definition) is 2. The third-order valence-electron chi connectivity index (χ3n) is 5.04. The fourth-order valence-corrected chi connectivity index (χ4v) is 3.66. The van der Waals surface area contributed by atoms with Crippen molar-refractivity contribution < 1.29 is 9.59 Å². The predicted octanol–water partition coefficient (Wildman–Crippen LogP) is 0.220. The zero-order chi connectivity index (χ0) is 17.8. The van der Waals surface area contributed by atoms with Crippen molar-refractivity contribution in [3.63, 3.8) is 0 Å². The van der Waals surface area contributed by atoms with Gasteiger partial charge in [-0.3, -0.25) is 14.5 Å². The van der Waals surface area contributed by atoms with Gasteiger partial charge in [-0.2, -0.15) is 0 Å². The number of aromatic nitrogens is 3. The normalized spacial score (nSPS) is 21.6. The molecule has 1 aromatic heterocycles. The van der Waals surface area contributed by atoms with Gasteiger partial charge in [0.25, 0.3) is 0 Å². The predicted molar refractivity (Wildman–Crippen MR) is 92.7 cm³/mol. The molecule has 138 valence electrons. The van der Waals surface area contributed by atoms with Crippen molar-refractivity contribution in [3.8, 4) is 0 Å². The number of nitrogens with zero attached hydrogens (tertiary/aromatic N) is 4. The number of piperazine rings is 1. The number of carbonyl (C=O) groups excluding carboxylic acids is 2. The highest BCUT2D eigenvalue weighted by molar-refractivity contribution is 5.88. The first-order valence-corrected chi connectivity index (χ1v) is 9.27. The van der Waals surface area contributed by atoms with Crippen molar-refractivity contribution in [3.05, 3.63) is 11.6 Å². The molecular weight excluding hydrogens is 320 g/mol. The molecule has 2 N–H and O–H groups in total. The number of carbonyl (C=O) groups is 2. The van der Waals surface area contributed by atoms with Crippen LogP contribution in [0, 0.1) is 0 Å². The van der Waals surface area contributed by atoms with Crippen LogP contribution in [0.5, 0.6) is 0 Å². The zero-order valence-electron chi connectivity index (χ0n) is 15.1. The summed E-state index contributed by atoms with van der Waals surface area (Å²) in [5.41, 5.74) is 0. The van der Waals surface area contributed by atoms with E-state index < -0.39 is 6.04 Å². The third kappa shape index (κ3) is 4.18. The molecule has 1 saturated heterocycles. The first-order valence-electron chi connectivity index (χ1n) is 9.27. The maximum absolute atomic E-state index is 12.4. The average molecular weight is 348 g/mol. The number of fused-ring (bicyclic) bond motifs is 1. The molecule has 3 heterocycles. The van der Waals surface area contributed by atoms with E-state index in [1.165, 1.54) is 6.42 Å². The molecule has 25 heavy (non-hydrogen) atoms. The summed E-state index contributed by atoms with van der Waals surface area (Å²) in [5, 5.41) is 14.2. The summed E-state index contributed by atoms with van der Waals surface area (Å²) in [6.07, 6.45) is 4.60. The van der Waals surface area contributed by atoms with E-state index in [2.05, 4.69) is 44.1 Å². The van der Waals surface area contributed by atoms with E-state index in [0.29, 0.717) is 13.1 Å². The van der Waals surface area contributed by atoms with Crippen molar-refractivity contribution in [1.82, 2.24) is 30.3 Å². The number of amides is 2. The lowest BCUT2D eigenvalue weighted by atomic mass is 10.1. The summed E-state index contributed by atoms with van der Waals surface area (Å²) >= 11 is 0. The summed E-state index contributed by atoms with van der Waals surface area (Å²) in [6, 6.07) is -0.166. The third-order valence-corrected chi connectivity index (χ3v) is 5.04. The van der Waals surface area contributed by atoms with E-state index in [1.54, 1.807) is 0 Å². The Hall–Kier alpha value is -1.96. The van der Waals surface area contributed by atoms with Gasteiger partial charge in [0, 0.05) is 32.1 Å². The van der Waals surface area contributed by atoms with Crippen molar-refractivity contribution >= 4 is 11.8 Å². The first kappa shape index (κ1) is 17.8. The molecule has 1 atom stereocenters. The molecule has 8 nitrogen and oxygen atoms in total. The van der Waals surface area contributed by atoms with Crippen molar-refractivity contribution in [2.45, 2.75) is 71.1 Å².